The van der Waals surface area contributed by atoms with Crippen molar-refractivity contribution in [2.75, 3.05) is 37.7 Å². The third-order valence-corrected chi connectivity index (χ3v) is 4.12. The second-order valence-electron chi connectivity index (χ2n) is 6.37. The molecule has 146 valence electrons. The Labute approximate surface area is 162 Å². The van der Waals surface area contributed by atoms with E-state index in [1.54, 1.807) is 24.3 Å². The van der Waals surface area contributed by atoms with Crippen molar-refractivity contribution in [2.24, 2.45) is 0 Å². The van der Waals surface area contributed by atoms with Crippen molar-refractivity contribution in [1.82, 2.24) is 0 Å². The summed E-state index contributed by atoms with van der Waals surface area (Å²) in [5.41, 5.74) is 1.83. The van der Waals surface area contributed by atoms with E-state index >= 15 is 0 Å². The lowest BCUT2D eigenvalue weighted by Crippen LogP contribution is -2.22. The van der Waals surface area contributed by atoms with Gasteiger partial charge in [0.2, 0.25) is 6.79 Å². The van der Waals surface area contributed by atoms with E-state index in [4.69, 9.17) is 14.2 Å². The molecule has 8 nitrogen and oxygen atoms in total. The van der Waals surface area contributed by atoms with Crippen LogP contribution in [0.25, 0.3) is 0 Å². The highest BCUT2D eigenvalue weighted by molar-refractivity contribution is 6.05. The molecule has 1 aliphatic rings. The van der Waals surface area contributed by atoms with Crippen LogP contribution in [0.15, 0.2) is 36.4 Å². The van der Waals surface area contributed by atoms with Crippen molar-refractivity contribution in [3.05, 3.63) is 47.5 Å². The van der Waals surface area contributed by atoms with Crippen LogP contribution in [-0.2, 0) is 9.53 Å². The molecule has 0 bridgehead atoms. The summed E-state index contributed by atoms with van der Waals surface area (Å²) in [6.45, 7) is 0.943. The van der Waals surface area contributed by atoms with E-state index in [9.17, 15) is 14.4 Å². The van der Waals surface area contributed by atoms with E-state index < -0.39 is 18.5 Å². The predicted molar refractivity (Wildman–Crippen MR) is 102 cm³/mol. The molecule has 8 heteroatoms. The van der Waals surface area contributed by atoms with E-state index in [-0.39, 0.29) is 23.8 Å². The summed E-state index contributed by atoms with van der Waals surface area (Å²) >= 11 is 0. The molecule has 1 aliphatic heterocycles. The van der Waals surface area contributed by atoms with Gasteiger partial charge in [-0.2, -0.15) is 0 Å². The molecule has 2 aromatic carbocycles. The minimum absolute atomic E-state index is 0.0499. The summed E-state index contributed by atoms with van der Waals surface area (Å²) < 4.78 is 15.6. The molecule has 0 spiro atoms. The smallest absolute Gasteiger partial charge is 0.338 e. The van der Waals surface area contributed by atoms with Gasteiger partial charge in [0, 0.05) is 31.4 Å². The van der Waals surface area contributed by atoms with Gasteiger partial charge in [0.15, 0.2) is 23.9 Å². The quantitative estimate of drug-likeness (QED) is 0.604. The van der Waals surface area contributed by atoms with Crippen molar-refractivity contribution >= 4 is 29.0 Å². The number of rotatable bonds is 6. The van der Waals surface area contributed by atoms with Crippen molar-refractivity contribution in [1.29, 1.82) is 0 Å². The molecule has 0 unspecified atom stereocenters. The Morgan fingerprint density at radius 1 is 1.07 bits per heavy atom. The third kappa shape index (κ3) is 4.22. The van der Waals surface area contributed by atoms with Gasteiger partial charge in [0.05, 0.1) is 11.3 Å². The van der Waals surface area contributed by atoms with Gasteiger partial charge in [-0.25, -0.2) is 4.79 Å². The molecule has 0 aliphatic carbocycles. The van der Waals surface area contributed by atoms with Crippen LogP contribution in [0.1, 0.15) is 27.6 Å². The Kier molecular flexibility index (Phi) is 5.49. The van der Waals surface area contributed by atoms with Crippen molar-refractivity contribution in [3.8, 4) is 11.5 Å². The zero-order chi connectivity index (χ0) is 20.3. The zero-order valence-electron chi connectivity index (χ0n) is 15.8. The second-order valence-corrected chi connectivity index (χ2v) is 6.37. The molecular weight excluding hydrogens is 364 g/mol. The Balaban J connectivity index is 1.63. The molecule has 3 rings (SSSR count). The molecule has 28 heavy (non-hydrogen) atoms. The number of nitrogens with zero attached hydrogens (tertiary/aromatic N) is 1. The first kappa shape index (κ1) is 19.2. The standard InChI is InChI=1S/C20H20N2O6/c1-12(23)15-8-17-18(28-11-27-17)9-16(15)21-19(24)10-26-20(25)13-4-6-14(7-5-13)22(2)3/h4-9H,10-11H2,1-3H3,(H,21,24). The Morgan fingerprint density at radius 3 is 2.32 bits per heavy atom. The summed E-state index contributed by atoms with van der Waals surface area (Å²) in [4.78, 5) is 38.0. The number of ketones is 1. The number of hydrogen-bond donors (Lipinski definition) is 1. The van der Waals surface area contributed by atoms with Gasteiger partial charge in [-0.1, -0.05) is 0 Å². The number of fused-ring (bicyclic) bond motifs is 1. The number of amides is 1. The summed E-state index contributed by atoms with van der Waals surface area (Å²) in [6, 6.07) is 9.84. The third-order valence-electron chi connectivity index (χ3n) is 4.12. The largest absolute Gasteiger partial charge is 0.454 e. The fourth-order valence-electron chi connectivity index (χ4n) is 2.63. The van der Waals surface area contributed by atoms with Crippen LogP contribution in [0, 0.1) is 0 Å². The van der Waals surface area contributed by atoms with E-state index in [2.05, 4.69) is 5.32 Å². The number of esters is 1. The summed E-state index contributed by atoms with van der Waals surface area (Å²) in [6.07, 6.45) is 0. The molecule has 1 N–H and O–H groups in total. The van der Waals surface area contributed by atoms with Gasteiger partial charge < -0.3 is 24.4 Å². The number of Topliss-reactive ketones (excluding diaryl/α,β-unsaturated/α-hetero) is 1. The van der Waals surface area contributed by atoms with Crippen molar-refractivity contribution in [2.45, 2.75) is 6.92 Å². The zero-order valence-corrected chi connectivity index (χ0v) is 15.8. The molecule has 2 aromatic rings. The number of ether oxygens (including phenoxy) is 3. The Bertz CT molecular complexity index is 921. The highest BCUT2D eigenvalue weighted by Crippen LogP contribution is 2.37. The number of carbonyl (C=O) groups excluding carboxylic acids is 3. The highest BCUT2D eigenvalue weighted by Gasteiger charge is 2.21. The molecule has 0 aromatic heterocycles. The van der Waals surface area contributed by atoms with Crippen LogP contribution < -0.4 is 19.7 Å². The number of benzene rings is 2. The monoisotopic (exact) mass is 384 g/mol. The molecule has 0 atom stereocenters. The van der Waals surface area contributed by atoms with Crippen molar-refractivity contribution < 1.29 is 28.6 Å². The lowest BCUT2D eigenvalue weighted by molar-refractivity contribution is -0.119. The van der Waals surface area contributed by atoms with Gasteiger partial charge >= 0.3 is 5.97 Å². The number of hydrogen-bond acceptors (Lipinski definition) is 7. The van der Waals surface area contributed by atoms with Crippen LogP contribution in [0.4, 0.5) is 11.4 Å². The maximum absolute atomic E-state index is 12.2. The van der Waals surface area contributed by atoms with Crippen LogP contribution in [0.2, 0.25) is 0 Å². The minimum Gasteiger partial charge on any atom is -0.454 e. The van der Waals surface area contributed by atoms with Crippen LogP contribution in [0.3, 0.4) is 0 Å². The normalized spacial score (nSPS) is 11.7. The fraction of sp³-hybridized carbons (Fsp3) is 0.250. The Hall–Kier alpha value is -3.55. The average Bonchev–Trinajstić information content (AvgIpc) is 3.12. The van der Waals surface area contributed by atoms with E-state index in [0.717, 1.165) is 5.69 Å². The lowest BCUT2D eigenvalue weighted by atomic mass is 10.1. The Morgan fingerprint density at radius 2 is 1.71 bits per heavy atom. The average molecular weight is 384 g/mol. The first-order valence-electron chi connectivity index (χ1n) is 8.54. The minimum atomic E-state index is -0.613. The van der Waals surface area contributed by atoms with Gasteiger partial charge in [0.25, 0.3) is 5.91 Å². The lowest BCUT2D eigenvalue weighted by Gasteiger charge is -2.13. The van der Waals surface area contributed by atoms with E-state index in [0.29, 0.717) is 17.1 Å². The van der Waals surface area contributed by atoms with Gasteiger partial charge in [-0.15, -0.1) is 0 Å². The molecule has 0 fully saturated rings. The maximum atomic E-state index is 12.2. The first-order valence-corrected chi connectivity index (χ1v) is 8.54. The van der Waals surface area contributed by atoms with Gasteiger partial charge in [-0.3, -0.25) is 9.59 Å². The maximum Gasteiger partial charge on any atom is 0.338 e. The molecular formula is C20H20N2O6. The van der Waals surface area contributed by atoms with Crippen LogP contribution in [0.5, 0.6) is 11.5 Å². The van der Waals surface area contributed by atoms with E-state index in [1.807, 2.05) is 19.0 Å². The fourth-order valence-corrected chi connectivity index (χ4v) is 2.63. The summed E-state index contributed by atoms with van der Waals surface area (Å²) in [5, 5.41) is 2.57. The van der Waals surface area contributed by atoms with Gasteiger partial charge in [0.1, 0.15) is 0 Å². The van der Waals surface area contributed by atoms with E-state index in [1.165, 1.54) is 19.1 Å². The second kappa shape index (κ2) is 7.99. The van der Waals surface area contributed by atoms with Crippen LogP contribution >= 0.6 is 0 Å². The molecule has 0 saturated heterocycles. The number of carbonyl (C=O) groups is 3. The number of nitrogens with one attached hydrogen (secondary N) is 1. The molecule has 0 radical (unpaired) electrons. The summed E-state index contributed by atoms with van der Waals surface area (Å²) in [7, 11) is 3.78. The summed E-state index contributed by atoms with van der Waals surface area (Å²) in [5.74, 6) is -0.557. The predicted octanol–water partition coefficient (Wildman–Crippen LogP) is 2.48. The first-order chi connectivity index (χ1) is 13.3. The van der Waals surface area contributed by atoms with Crippen LogP contribution in [-0.4, -0.2) is 45.2 Å². The van der Waals surface area contributed by atoms with Gasteiger partial charge in [-0.05, 0) is 37.3 Å². The van der Waals surface area contributed by atoms with Crippen molar-refractivity contribution in [3.63, 3.8) is 0 Å². The highest BCUT2D eigenvalue weighted by atomic mass is 16.7. The molecule has 0 saturated carbocycles. The number of anilines is 2. The SMILES string of the molecule is CC(=O)c1cc2c(cc1NC(=O)COC(=O)c1ccc(N(C)C)cc1)OCO2. The topological polar surface area (TPSA) is 94.2 Å². The molecule has 1 heterocycles. The molecule has 1 amide bonds.